The van der Waals surface area contributed by atoms with Crippen LogP contribution < -0.4 is 4.90 Å². The SMILES string of the molecule is c1ccc(-n2c3ccccc3c3ccccc32)c(-c2ccc(-c3ccc(N(c4ccc(C56CC7[C@H](C5)CC75C[C@H]5C6)cc4)c4cc5ccccc5c5ccccc45)cc3)cc2)c1. The lowest BCUT2D eigenvalue weighted by Gasteiger charge is -2.44. The average Bonchev–Trinajstić information content (AvgIpc) is 3.93. The molecule has 2 nitrogen and oxygen atoms in total. The lowest BCUT2D eigenvalue weighted by molar-refractivity contribution is 0.0524. The van der Waals surface area contributed by atoms with Gasteiger partial charge in [-0.3, -0.25) is 0 Å². The van der Waals surface area contributed by atoms with E-state index >= 15 is 0 Å². The van der Waals surface area contributed by atoms with Crippen LogP contribution in [0.25, 0.3) is 71.3 Å². The number of rotatable bonds is 7. The minimum Gasteiger partial charge on any atom is -0.310 e. The van der Waals surface area contributed by atoms with Crippen LogP contribution in [0.1, 0.15) is 37.7 Å². The second-order valence-corrected chi connectivity index (χ2v) is 19.2. The fraction of sp³-hybridized carbons (Fsp3) is 0.167. The minimum absolute atomic E-state index is 0.389. The quantitative estimate of drug-likeness (QED) is 0.146. The van der Waals surface area contributed by atoms with Crippen molar-refractivity contribution in [2.45, 2.75) is 37.5 Å². The summed E-state index contributed by atoms with van der Waals surface area (Å²) in [5, 5.41) is 7.66. The molecule has 2 bridgehead atoms. The molecule has 4 aliphatic rings. The monoisotopic (exact) mass is 794 g/mol. The van der Waals surface area contributed by atoms with Crippen LogP contribution in [0.4, 0.5) is 17.1 Å². The molecular formula is C60H46N2. The van der Waals surface area contributed by atoms with Crippen molar-refractivity contribution in [3.8, 4) is 27.9 Å². The maximum absolute atomic E-state index is 2.50. The molecule has 4 fully saturated rings. The molecule has 0 N–H and O–H groups in total. The van der Waals surface area contributed by atoms with E-state index in [9.17, 15) is 0 Å². The van der Waals surface area contributed by atoms with Crippen LogP contribution >= 0.6 is 0 Å². The third kappa shape index (κ3) is 4.92. The predicted molar refractivity (Wildman–Crippen MR) is 259 cm³/mol. The molecule has 3 unspecified atom stereocenters. The summed E-state index contributed by atoms with van der Waals surface area (Å²) in [5.74, 6) is 2.95. The number of hydrogen-bond donors (Lipinski definition) is 0. The van der Waals surface area contributed by atoms with Crippen molar-refractivity contribution >= 4 is 60.4 Å². The van der Waals surface area contributed by atoms with Gasteiger partial charge in [0.1, 0.15) is 0 Å². The number of anilines is 3. The summed E-state index contributed by atoms with van der Waals surface area (Å²) in [6, 6.07) is 74.7. The van der Waals surface area contributed by atoms with Gasteiger partial charge in [-0.2, -0.15) is 0 Å². The van der Waals surface area contributed by atoms with Gasteiger partial charge in [-0.25, -0.2) is 0 Å². The van der Waals surface area contributed by atoms with Crippen LogP contribution in [0.5, 0.6) is 0 Å². The van der Waals surface area contributed by atoms with E-state index in [0.717, 1.165) is 28.9 Å². The zero-order chi connectivity index (χ0) is 40.6. The molecule has 0 amide bonds. The van der Waals surface area contributed by atoms with E-state index in [1.807, 2.05) is 0 Å². The molecule has 2 heteroatoms. The van der Waals surface area contributed by atoms with E-state index in [1.54, 1.807) is 5.56 Å². The Morgan fingerprint density at radius 2 is 1.00 bits per heavy atom. The van der Waals surface area contributed by atoms with Crippen molar-refractivity contribution in [2.75, 3.05) is 4.90 Å². The van der Waals surface area contributed by atoms with Crippen molar-refractivity contribution in [3.05, 3.63) is 206 Å². The molecule has 4 saturated carbocycles. The number of hydrogen-bond acceptors (Lipinski definition) is 1. The summed E-state index contributed by atoms with van der Waals surface area (Å²) in [5.41, 5.74) is 14.8. The van der Waals surface area contributed by atoms with E-state index in [4.69, 9.17) is 0 Å². The maximum atomic E-state index is 2.50. The Hall–Kier alpha value is -6.90. The predicted octanol–water partition coefficient (Wildman–Crippen LogP) is 16.0. The fourth-order valence-corrected chi connectivity index (χ4v) is 13.4. The molecule has 1 heterocycles. The summed E-state index contributed by atoms with van der Waals surface area (Å²) >= 11 is 0. The van der Waals surface area contributed by atoms with Gasteiger partial charge in [-0.05, 0) is 148 Å². The summed E-state index contributed by atoms with van der Waals surface area (Å²) in [7, 11) is 0. The van der Waals surface area contributed by atoms with Crippen LogP contribution in [-0.2, 0) is 5.41 Å². The van der Waals surface area contributed by atoms with Crippen molar-refractivity contribution in [3.63, 3.8) is 0 Å². The Bertz CT molecular complexity index is 3350. The Balaban J connectivity index is 0.836. The van der Waals surface area contributed by atoms with Crippen LogP contribution in [0, 0.1) is 23.2 Å². The topological polar surface area (TPSA) is 8.17 Å². The van der Waals surface area contributed by atoms with Crippen LogP contribution in [0.2, 0.25) is 0 Å². The second-order valence-electron chi connectivity index (χ2n) is 19.2. The standard InChI is InChI=1S/C60H46N2/c1-2-12-48-42(11-1)33-58(51-15-4-3-14-50(48)51)61(47-31-27-44(28-32-47)59-34-43-35-60(54(43)38-59)37-45(60)36-59)46-29-25-40(26-30-46)39-21-23-41(24-22-39)49-13-5-8-18-55(49)62-56-19-9-6-16-52(56)53-17-7-10-20-57(53)62/h1-33,43,45,54H,34-38H2/t43-,45-,54?,59?,60?/m1/s1. The van der Waals surface area contributed by atoms with Gasteiger partial charge < -0.3 is 9.47 Å². The molecule has 296 valence electrons. The van der Waals surface area contributed by atoms with Gasteiger partial charge in [0, 0.05) is 33.1 Å². The highest BCUT2D eigenvalue weighted by Gasteiger charge is 2.76. The molecule has 0 saturated heterocycles. The van der Waals surface area contributed by atoms with Crippen LogP contribution in [0.3, 0.4) is 0 Å². The zero-order valence-corrected chi connectivity index (χ0v) is 34.7. The Kier molecular flexibility index (Phi) is 7.19. The largest absolute Gasteiger partial charge is 0.310 e. The van der Waals surface area contributed by atoms with E-state index in [-0.39, 0.29) is 0 Å². The minimum atomic E-state index is 0.389. The molecule has 0 radical (unpaired) electrons. The first-order valence-corrected chi connectivity index (χ1v) is 22.7. The molecule has 1 aromatic heterocycles. The van der Waals surface area contributed by atoms with E-state index < -0.39 is 0 Å². The van der Waals surface area contributed by atoms with Crippen molar-refractivity contribution < 1.29 is 0 Å². The Morgan fingerprint density at radius 3 is 1.73 bits per heavy atom. The highest BCUT2D eigenvalue weighted by atomic mass is 15.1. The van der Waals surface area contributed by atoms with Crippen LogP contribution in [0.15, 0.2) is 200 Å². The highest BCUT2D eigenvalue weighted by Crippen LogP contribution is 2.83. The second kappa shape index (κ2) is 12.8. The summed E-state index contributed by atoms with van der Waals surface area (Å²) in [4.78, 5) is 2.50. The molecule has 4 aliphatic carbocycles. The zero-order valence-electron chi connectivity index (χ0n) is 34.7. The van der Waals surface area contributed by atoms with E-state index in [0.29, 0.717) is 5.41 Å². The van der Waals surface area contributed by atoms with E-state index in [1.165, 1.54) is 115 Å². The normalized spacial score (nSPS) is 23.1. The van der Waals surface area contributed by atoms with Crippen molar-refractivity contribution in [1.29, 1.82) is 0 Å². The number of para-hydroxylation sites is 3. The maximum Gasteiger partial charge on any atom is 0.0546 e. The summed E-state index contributed by atoms with van der Waals surface area (Å²) < 4.78 is 2.43. The Morgan fingerprint density at radius 1 is 0.435 bits per heavy atom. The lowest BCUT2D eigenvalue weighted by atomic mass is 9.60. The van der Waals surface area contributed by atoms with Gasteiger partial charge in [0.2, 0.25) is 0 Å². The fourth-order valence-electron chi connectivity index (χ4n) is 13.4. The third-order valence-electron chi connectivity index (χ3n) is 16.2. The Labute approximate surface area is 362 Å². The van der Waals surface area contributed by atoms with Gasteiger partial charge in [0.05, 0.1) is 22.4 Å². The third-order valence-corrected chi connectivity index (χ3v) is 16.2. The summed E-state index contributed by atoms with van der Waals surface area (Å²) in [6.07, 6.45) is 7.26. The number of nitrogens with zero attached hydrogens (tertiary/aromatic N) is 2. The van der Waals surface area contributed by atoms with Crippen molar-refractivity contribution in [1.82, 2.24) is 4.57 Å². The van der Waals surface area contributed by atoms with Gasteiger partial charge in [-0.1, -0.05) is 152 Å². The van der Waals surface area contributed by atoms with Crippen LogP contribution in [-0.4, -0.2) is 4.57 Å². The molecule has 0 aliphatic heterocycles. The van der Waals surface area contributed by atoms with Gasteiger partial charge >= 0.3 is 0 Å². The average molecular weight is 795 g/mol. The number of benzene rings is 9. The molecule has 9 aromatic carbocycles. The molecule has 1 spiro atoms. The smallest absolute Gasteiger partial charge is 0.0546 e. The number of fused-ring (bicyclic) bond motifs is 7. The molecular weight excluding hydrogens is 749 g/mol. The molecule has 14 rings (SSSR count). The number of aromatic nitrogens is 1. The van der Waals surface area contributed by atoms with E-state index in [2.05, 4.69) is 210 Å². The van der Waals surface area contributed by atoms with Gasteiger partial charge in [-0.15, -0.1) is 0 Å². The first-order valence-electron chi connectivity index (χ1n) is 22.7. The first kappa shape index (κ1) is 34.8. The molecule has 5 atom stereocenters. The first-order chi connectivity index (χ1) is 30.6. The molecule has 62 heavy (non-hydrogen) atoms. The lowest BCUT2D eigenvalue weighted by Crippen LogP contribution is -2.38. The summed E-state index contributed by atoms with van der Waals surface area (Å²) in [6.45, 7) is 0. The highest BCUT2D eigenvalue weighted by molar-refractivity contribution is 6.14. The van der Waals surface area contributed by atoms with Gasteiger partial charge in [0.25, 0.3) is 0 Å². The molecule has 10 aromatic rings. The van der Waals surface area contributed by atoms with Crippen molar-refractivity contribution in [2.24, 2.45) is 23.2 Å². The van der Waals surface area contributed by atoms with Gasteiger partial charge in [0.15, 0.2) is 0 Å².